The van der Waals surface area contributed by atoms with Crippen LogP contribution in [0.5, 0.6) is 17.2 Å². The fourth-order valence-corrected chi connectivity index (χ4v) is 3.48. The standard InChI is InChI=1S/C23H27N3O5/c1-29-19-6-4-5-18(14-19)23(28)26-11-9-17(10-12-26)22(27)25-24-15-16-7-8-20(30-2)21(13-16)31-3/h4-8,13-15,17H,9-12H2,1-3H3,(H,25,27)/b24-15-. The second kappa shape index (κ2) is 10.5. The lowest BCUT2D eigenvalue weighted by Crippen LogP contribution is -2.42. The van der Waals surface area contributed by atoms with E-state index in [4.69, 9.17) is 14.2 Å². The molecule has 164 valence electrons. The van der Waals surface area contributed by atoms with Gasteiger partial charge in [-0.1, -0.05) is 6.07 Å². The Balaban J connectivity index is 1.51. The first kappa shape index (κ1) is 22.1. The molecular weight excluding hydrogens is 398 g/mol. The minimum atomic E-state index is -0.183. The van der Waals surface area contributed by atoms with Gasteiger partial charge in [-0.2, -0.15) is 5.10 Å². The highest BCUT2D eigenvalue weighted by molar-refractivity contribution is 5.94. The van der Waals surface area contributed by atoms with Gasteiger partial charge in [0.1, 0.15) is 5.75 Å². The highest BCUT2D eigenvalue weighted by atomic mass is 16.5. The summed E-state index contributed by atoms with van der Waals surface area (Å²) in [5.41, 5.74) is 3.96. The Kier molecular flexibility index (Phi) is 7.48. The van der Waals surface area contributed by atoms with Gasteiger partial charge in [-0.15, -0.1) is 0 Å². The molecule has 1 saturated heterocycles. The zero-order chi connectivity index (χ0) is 22.2. The lowest BCUT2D eigenvalue weighted by Gasteiger charge is -2.31. The van der Waals surface area contributed by atoms with Crippen molar-refractivity contribution in [2.45, 2.75) is 12.8 Å². The normalized spacial score (nSPS) is 14.4. The Bertz CT molecular complexity index is 952. The van der Waals surface area contributed by atoms with Crippen LogP contribution in [-0.2, 0) is 4.79 Å². The maximum atomic E-state index is 12.7. The van der Waals surface area contributed by atoms with Gasteiger partial charge in [0.05, 0.1) is 27.5 Å². The van der Waals surface area contributed by atoms with Crippen LogP contribution in [0.1, 0.15) is 28.8 Å². The van der Waals surface area contributed by atoms with Crippen LogP contribution in [0.15, 0.2) is 47.6 Å². The highest BCUT2D eigenvalue weighted by Gasteiger charge is 2.27. The van der Waals surface area contributed by atoms with Crippen molar-refractivity contribution in [1.29, 1.82) is 0 Å². The topological polar surface area (TPSA) is 89.5 Å². The Morgan fingerprint density at radius 1 is 1.00 bits per heavy atom. The molecule has 3 rings (SSSR count). The Hall–Kier alpha value is -3.55. The third kappa shape index (κ3) is 5.53. The molecule has 8 nitrogen and oxygen atoms in total. The quantitative estimate of drug-likeness (QED) is 0.544. The number of piperidine rings is 1. The number of hydrogen-bond acceptors (Lipinski definition) is 6. The molecule has 1 N–H and O–H groups in total. The maximum absolute atomic E-state index is 12.7. The Morgan fingerprint density at radius 3 is 2.42 bits per heavy atom. The van der Waals surface area contributed by atoms with E-state index in [-0.39, 0.29) is 17.7 Å². The molecule has 2 amide bonds. The summed E-state index contributed by atoms with van der Waals surface area (Å²) in [5, 5.41) is 4.05. The average Bonchev–Trinajstić information content (AvgIpc) is 2.83. The van der Waals surface area contributed by atoms with Gasteiger partial charge in [0.2, 0.25) is 5.91 Å². The molecule has 0 spiro atoms. The van der Waals surface area contributed by atoms with Crippen molar-refractivity contribution in [2.24, 2.45) is 11.0 Å². The van der Waals surface area contributed by atoms with E-state index in [9.17, 15) is 9.59 Å². The molecule has 2 aromatic carbocycles. The summed E-state index contributed by atoms with van der Waals surface area (Å²) in [4.78, 5) is 26.9. The maximum Gasteiger partial charge on any atom is 0.253 e. The predicted molar refractivity (Wildman–Crippen MR) is 117 cm³/mol. The molecule has 0 aromatic heterocycles. The van der Waals surface area contributed by atoms with E-state index in [1.807, 2.05) is 6.07 Å². The van der Waals surface area contributed by atoms with Crippen LogP contribution in [0.4, 0.5) is 0 Å². The predicted octanol–water partition coefficient (Wildman–Crippen LogP) is 2.71. The molecule has 0 atom stereocenters. The summed E-state index contributed by atoms with van der Waals surface area (Å²) < 4.78 is 15.7. The summed E-state index contributed by atoms with van der Waals surface area (Å²) in [5.74, 6) is 1.48. The molecule has 0 aliphatic carbocycles. The minimum absolute atomic E-state index is 0.0516. The molecule has 0 radical (unpaired) electrons. The van der Waals surface area contributed by atoms with E-state index in [0.717, 1.165) is 5.56 Å². The van der Waals surface area contributed by atoms with Crippen LogP contribution in [0.2, 0.25) is 0 Å². The second-order valence-electron chi connectivity index (χ2n) is 7.15. The molecule has 1 heterocycles. The molecule has 0 bridgehead atoms. The van der Waals surface area contributed by atoms with E-state index in [2.05, 4.69) is 10.5 Å². The van der Waals surface area contributed by atoms with Crippen molar-refractivity contribution in [2.75, 3.05) is 34.4 Å². The molecule has 2 aromatic rings. The van der Waals surface area contributed by atoms with Gasteiger partial charge in [0, 0.05) is 24.6 Å². The van der Waals surface area contributed by atoms with Crippen LogP contribution in [0, 0.1) is 5.92 Å². The number of benzene rings is 2. The van der Waals surface area contributed by atoms with Crippen molar-refractivity contribution < 1.29 is 23.8 Å². The van der Waals surface area contributed by atoms with Crippen molar-refractivity contribution in [3.05, 3.63) is 53.6 Å². The highest BCUT2D eigenvalue weighted by Crippen LogP contribution is 2.27. The van der Waals surface area contributed by atoms with Crippen molar-refractivity contribution >= 4 is 18.0 Å². The van der Waals surface area contributed by atoms with Crippen molar-refractivity contribution in [3.8, 4) is 17.2 Å². The first-order chi connectivity index (χ1) is 15.0. The minimum Gasteiger partial charge on any atom is -0.497 e. The third-order valence-corrected chi connectivity index (χ3v) is 5.27. The average molecular weight is 425 g/mol. The van der Waals surface area contributed by atoms with Gasteiger partial charge >= 0.3 is 0 Å². The number of nitrogens with zero attached hydrogens (tertiary/aromatic N) is 2. The van der Waals surface area contributed by atoms with E-state index >= 15 is 0 Å². The first-order valence-electron chi connectivity index (χ1n) is 10.0. The van der Waals surface area contributed by atoms with Gasteiger partial charge < -0.3 is 19.1 Å². The first-order valence-corrected chi connectivity index (χ1v) is 10.0. The number of amides is 2. The number of carbonyl (C=O) groups is 2. The number of rotatable bonds is 7. The molecule has 31 heavy (non-hydrogen) atoms. The van der Waals surface area contributed by atoms with E-state index in [1.54, 1.807) is 68.8 Å². The van der Waals surface area contributed by atoms with Gasteiger partial charge in [-0.3, -0.25) is 9.59 Å². The number of likely N-dealkylation sites (tertiary alicyclic amines) is 1. The number of ether oxygens (including phenoxy) is 3. The molecular formula is C23H27N3O5. The molecule has 1 fully saturated rings. The summed E-state index contributed by atoms with van der Waals surface area (Å²) >= 11 is 0. The van der Waals surface area contributed by atoms with Crippen LogP contribution in [0.3, 0.4) is 0 Å². The number of methoxy groups -OCH3 is 3. The number of hydrogen-bond donors (Lipinski definition) is 1. The van der Waals surface area contributed by atoms with Gasteiger partial charge in [0.15, 0.2) is 11.5 Å². The largest absolute Gasteiger partial charge is 0.497 e. The number of hydrazone groups is 1. The lowest BCUT2D eigenvalue weighted by atomic mass is 9.95. The van der Waals surface area contributed by atoms with Crippen LogP contribution < -0.4 is 19.6 Å². The Morgan fingerprint density at radius 2 is 1.74 bits per heavy atom. The van der Waals surface area contributed by atoms with Crippen molar-refractivity contribution in [1.82, 2.24) is 10.3 Å². The zero-order valence-corrected chi connectivity index (χ0v) is 18.0. The molecule has 0 unspecified atom stereocenters. The van der Waals surface area contributed by atoms with Gasteiger partial charge in [-0.05, 0) is 54.8 Å². The van der Waals surface area contributed by atoms with E-state index in [0.29, 0.717) is 48.7 Å². The number of nitrogens with one attached hydrogen (secondary N) is 1. The van der Waals surface area contributed by atoms with Crippen molar-refractivity contribution in [3.63, 3.8) is 0 Å². The fourth-order valence-electron chi connectivity index (χ4n) is 3.48. The number of carbonyl (C=O) groups excluding carboxylic acids is 2. The van der Waals surface area contributed by atoms with E-state index < -0.39 is 0 Å². The van der Waals surface area contributed by atoms with Crippen LogP contribution >= 0.6 is 0 Å². The molecule has 1 aliphatic heterocycles. The summed E-state index contributed by atoms with van der Waals surface area (Å²) in [6.07, 6.45) is 2.74. The molecule has 1 aliphatic rings. The second-order valence-corrected chi connectivity index (χ2v) is 7.15. The molecule has 0 saturated carbocycles. The summed E-state index contributed by atoms with van der Waals surface area (Å²) in [6, 6.07) is 12.5. The molecule has 8 heteroatoms. The van der Waals surface area contributed by atoms with Gasteiger partial charge in [-0.25, -0.2) is 5.43 Å². The fraction of sp³-hybridized carbons (Fsp3) is 0.348. The summed E-state index contributed by atoms with van der Waals surface area (Å²) in [6.45, 7) is 1.04. The monoisotopic (exact) mass is 425 g/mol. The van der Waals surface area contributed by atoms with Crippen LogP contribution in [0.25, 0.3) is 0 Å². The van der Waals surface area contributed by atoms with Gasteiger partial charge in [0.25, 0.3) is 5.91 Å². The summed E-state index contributed by atoms with van der Waals surface area (Å²) in [7, 11) is 4.70. The smallest absolute Gasteiger partial charge is 0.253 e. The SMILES string of the molecule is COc1cccc(C(=O)N2CCC(C(=O)N/N=C\c3ccc(OC)c(OC)c3)CC2)c1. The third-order valence-electron chi connectivity index (χ3n) is 5.27. The van der Waals surface area contributed by atoms with E-state index in [1.165, 1.54) is 0 Å². The zero-order valence-electron chi connectivity index (χ0n) is 18.0. The Labute approximate surface area is 181 Å². The lowest BCUT2D eigenvalue weighted by molar-refractivity contribution is -0.126. The van der Waals surface area contributed by atoms with Crippen LogP contribution in [-0.4, -0.2) is 57.3 Å².